The van der Waals surface area contributed by atoms with Gasteiger partial charge in [0.25, 0.3) is 0 Å². The summed E-state index contributed by atoms with van der Waals surface area (Å²) in [6.45, 7) is 0. The Bertz CT molecular complexity index is 521. The molecule has 96 valence electrons. The standard InChI is InChI=1S/C13H12ClFO2S/c1-17-8-5-13(18-7-8)12(16)6-9-10(14)3-2-4-11(9)15/h2-5,7,12,16H,6H2,1H3. The van der Waals surface area contributed by atoms with Crippen molar-refractivity contribution in [3.63, 3.8) is 0 Å². The Morgan fingerprint density at radius 3 is 2.89 bits per heavy atom. The number of aliphatic hydroxyl groups is 1. The number of benzene rings is 1. The molecule has 0 fully saturated rings. The molecule has 2 rings (SSSR count). The number of rotatable bonds is 4. The van der Waals surface area contributed by atoms with Gasteiger partial charge in [-0.15, -0.1) is 11.3 Å². The van der Waals surface area contributed by atoms with Crippen molar-refractivity contribution in [2.75, 3.05) is 7.11 Å². The molecule has 0 saturated carbocycles. The highest BCUT2D eigenvalue weighted by Gasteiger charge is 2.16. The predicted molar refractivity (Wildman–Crippen MR) is 70.9 cm³/mol. The third kappa shape index (κ3) is 2.83. The molecular formula is C13H12ClFO2S. The first-order chi connectivity index (χ1) is 8.61. The van der Waals surface area contributed by atoms with Crippen molar-refractivity contribution < 1.29 is 14.2 Å². The van der Waals surface area contributed by atoms with Gasteiger partial charge in [0, 0.05) is 27.3 Å². The zero-order chi connectivity index (χ0) is 13.1. The van der Waals surface area contributed by atoms with Crippen LogP contribution in [0.25, 0.3) is 0 Å². The van der Waals surface area contributed by atoms with Gasteiger partial charge < -0.3 is 9.84 Å². The van der Waals surface area contributed by atoms with E-state index in [4.69, 9.17) is 16.3 Å². The summed E-state index contributed by atoms with van der Waals surface area (Å²) in [4.78, 5) is 0.728. The molecule has 1 unspecified atom stereocenters. The summed E-state index contributed by atoms with van der Waals surface area (Å²) < 4.78 is 18.6. The Balaban J connectivity index is 2.18. The predicted octanol–water partition coefficient (Wildman–Crippen LogP) is 3.83. The first kappa shape index (κ1) is 13.3. The second-order valence-electron chi connectivity index (χ2n) is 3.81. The van der Waals surface area contributed by atoms with Crippen LogP contribution in [-0.2, 0) is 6.42 Å². The summed E-state index contributed by atoms with van der Waals surface area (Å²) in [5.74, 6) is 0.291. The number of halogens is 2. The molecule has 0 saturated heterocycles. The molecule has 18 heavy (non-hydrogen) atoms. The number of hydrogen-bond acceptors (Lipinski definition) is 3. The smallest absolute Gasteiger partial charge is 0.129 e. The van der Waals surface area contributed by atoms with Crippen molar-refractivity contribution in [3.8, 4) is 5.75 Å². The van der Waals surface area contributed by atoms with E-state index < -0.39 is 11.9 Å². The summed E-state index contributed by atoms with van der Waals surface area (Å²) in [5.41, 5.74) is 0.332. The van der Waals surface area contributed by atoms with Crippen LogP contribution in [-0.4, -0.2) is 12.2 Å². The zero-order valence-electron chi connectivity index (χ0n) is 9.69. The summed E-state index contributed by atoms with van der Waals surface area (Å²) in [5, 5.41) is 12.2. The van der Waals surface area contributed by atoms with Gasteiger partial charge in [-0.2, -0.15) is 0 Å². The fourth-order valence-corrected chi connectivity index (χ4v) is 2.72. The van der Waals surface area contributed by atoms with E-state index in [0.29, 0.717) is 16.3 Å². The van der Waals surface area contributed by atoms with E-state index in [2.05, 4.69) is 0 Å². The molecule has 0 aliphatic carbocycles. The van der Waals surface area contributed by atoms with E-state index in [0.717, 1.165) is 4.88 Å². The highest BCUT2D eigenvalue weighted by Crippen LogP contribution is 2.31. The SMILES string of the molecule is COc1csc(C(O)Cc2c(F)cccc2Cl)c1. The summed E-state index contributed by atoms with van der Waals surface area (Å²) in [7, 11) is 1.56. The van der Waals surface area contributed by atoms with Crippen LogP contribution < -0.4 is 4.74 Å². The first-order valence-corrected chi connectivity index (χ1v) is 6.61. The maximum atomic E-state index is 13.6. The normalized spacial score (nSPS) is 12.4. The van der Waals surface area contributed by atoms with Crippen LogP contribution in [0.4, 0.5) is 4.39 Å². The molecule has 2 aromatic rings. The summed E-state index contributed by atoms with van der Waals surface area (Å²) in [6.07, 6.45) is -0.636. The van der Waals surface area contributed by atoms with E-state index >= 15 is 0 Å². The Kier molecular flexibility index (Phi) is 4.22. The van der Waals surface area contributed by atoms with Crippen molar-refractivity contribution >= 4 is 22.9 Å². The number of aliphatic hydroxyl groups excluding tert-OH is 1. The van der Waals surface area contributed by atoms with Crippen molar-refractivity contribution in [1.29, 1.82) is 0 Å². The topological polar surface area (TPSA) is 29.5 Å². The highest BCUT2D eigenvalue weighted by atomic mass is 35.5. The second kappa shape index (κ2) is 5.69. The lowest BCUT2D eigenvalue weighted by Gasteiger charge is -2.10. The lowest BCUT2D eigenvalue weighted by Crippen LogP contribution is -2.02. The van der Waals surface area contributed by atoms with Crippen molar-refractivity contribution in [2.24, 2.45) is 0 Å². The van der Waals surface area contributed by atoms with Gasteiger partial charge in [0.15, 0.2) is 0 Å². The van der Waals surface area contributed by atoms with E-state index in [-0.39, 0.29) is 6.42 Å². The lowest BCUT2D eigenvalue weighted by atomic mass is 10.1. The van der Waals surface area contributed by atoms with Gasteiger partial charge in [-0.25, -0.2) is 4.39 Å². The molecule has 1 N–H and O–H groups in total. The van der Waals surface area contributed by atoms with Gasteiger partial charge in [-0.1, -0.05) is 17.7 Å². The van der Waals surface area contributed by atoms with E-state index in [1.807, 2.05) is 0 Å². The molecule has 1 atom stereocenters. The van der Waals surface area contributed by atoms with Crippen molar-refractivity contribution in [2.45, 2.75) is 12.5 Å². The fraction of sp³-hybridized carbons (Fsp3) is 0.231. The minimum absolute atomic E-state index is 0.148. The maximum absolute atomic E-state index is 13.6. The molecule has 1 aromatic carbocycles. The van der Waals surface area contributed by atoms with E-state index in [1.165, 1.54) is 17.4 Å². The summed E-state index contributed by atoms with van der Waals surface area (Å²) >= 11 is 7.29. The fourth-order valence-electron chi connectivity index (χ4n) is 1.64. The highest BCUT2D eigenvalue weighted by molar-refractivity contribution is 7.10. The largest absolute Gasteiger partial charge is 0.496 e. The monoisotopic (exact) mass is 286 g/mol. The zero-order valence-corrected chi connectivity index (χ0v) is 11.3. The van der Waals surface area contributed by atoms with Crippen molar-refractivity contribution in [3.05, 3.63) is 50.9 Å². The average molecular weight is 287 g/mol. The molecule has 0 bridgehead atoms. The van der Waals surface area contributed by atoms with Gasteiger partial charge in [0.2, 0.25) is 0 Å². The third-order valence-electron chi connectivity index (χ3n) is 2.62. The molecule has 5 heteroatoms. The molecule has 0 aliphatic rings. The molecule has 0 aliphatic heterocycles. The van der Waals surface area contributed by atoms with Crippen LogP contribution in [0.2, 0.25) is 5.02 Å². The molecule has 2 nitrogen and oxygen atoms in total. The Morgan fingerprint density at radius 2 is 2.28 bits per heavy atom. The van der Waals surface area contributed by atoms with Gasteiger partial charge in [-0.3, -0.25) is 0 Å². The van der Waals surface area contributed by atoms with Gasteiger partial charge in [-0.05, 0) is 18.2 Å². The molecule has 0 radical (unpaired) electrons. The molecule has 1 aromatic heterocycles. The minimum atomic E-state index is -0.784. The Morgan fingerprint density at radius 1 is 1.50 bits per heavy atom. The molecule has 0 amide bonds. The van der Waals surface area contributed by atoms with Crippen molar-refractivity contribution in [1.82, 2.24) is 0 Å². The van der Waals surface area contributed by atoms with Crippen LogP contribution >= 0.6 is 22.9 Å². The molecular weight excluding hydrogens is 275 g/mol. The van der Waals surface area contributed by atoms with Crippen LogP contribution in [0.1, 0.15) is 16.5 Å². The lowest BCUT2D eigenvalue weighted by molar-refractivity contribution is 0.180. The number of hydrogen-bond donors (Lipinski definition) is 1. The van der Waals surface area contributed by atoms with E-state index in [1.54, 1.807) is 30.7 Å². The van der Waals surface area contributed by atoms with E-state index in [9.17, 15) is 9.50 Å². The van der Waals surface area contributed by atoms with Crippen LogP contribution in [0.5, 0.6) is 5.75 Å². The van der Waals surface area contributed by atoms with Crippen LogP contribution in [0.15, 0.2) is 29.6 Å². The Hall–Kier alpha value is -1.10. The first-order valence-electron chi connectivity index (χ1n) is 5.35. The third-order valence-corrected chi connectivity index (χ3v) is 3.99. The number of thiophene rings is 1. The number of ether oxygens (including phenoxy) is 1. The van der Waals surface area contributed by atoms with Gasteiger partial charge in [0.1, 0.15) is 11.6 Å². The quantitative estimate of drug-likeness (QED) is 0.926. The Labute approximate surface area is 114 Å². The number of methoxy groups -OCH3 is 1. The maximum Gasteiger partial charge on any atom is 0.129 e. The molecule has 0 spiro atoms. The summed E-state index contributed by atoms with van der Waals surface area (Å²) in [6, 6.07) is 6.23. The van der Waals surface area contributed by atoms with Gasteiger partial charge >= 0.3 is 0 Å². The van der Waals surface area contributed by atoms with Crippen LogP contribution in [0.3, 0.4) is 0 Å². The minimum Gasteiger partial charge on any atom is -0.496 e. The van der Waals surface area contributed by atoms with Gasteiger partial charge in [0.05, 0.1) is 13.2 Å². The second-order valence-corrected chi connectivity index (χ2v) is 5.16. The molecule has 1 heterocycles. The average Bonchev–Trinajstić information content (AvgIpc) is 2.82. The van der Waals surface area contributed by atoms with Crippen LogP contribution in [0, 0.1) is 5.82 Å².